The monoisotopic (exact) mass is 217 g/mol. The summed E-state index contributed by atoms with van der Waals surface area (Å²) < 4.78 is 5.25. The first kappa shape index (κ1) is 14.4. The first-order valence-electron chi connectivity index (χ1n) is 5.48. The molecule has 0 fully saturated rings. The number of ether oxygens (including phenoxy) is 1. The maximum absolute atomic E-state index is 11.3. The fraction of sp³-hybridized carbons (Fsp3) is 0.909. The van der Waals surface area contributed by atoms with E-state index in [2.05, 4.69) is 5.32 Å². The van der Waals surface area contributed by atoms with Crippen LogP contribution in [0.3, 0.4) is 0 Å². The zero-order valence-corrected chi connectivity index (χ0v) is 10.2. The molecule has 2 N–H and O–H groups in total. The second kappa shape index (κ2) is 6.80. The zero-order valence-electron chi connectivity index (χ0n) is 10.2. The van der Waals surface area contributed by atoms with Gasteiger partial charge in [-0.1, -0.05) is 6.92 Å². The molecule has 0 saturated heterocycles. The van der Waals surface area contributed by atoms with Crippen LogP contribution in [-0.4, -0.2) is 35.9 Å². The summed E-state index contributed by atoms with van der Waals surface area (Å²) in [6.45, 7) is 8.17. The summed E-state index contributed by atoms with van der Waals surface area (Å²) in [6.07, 6.45) is 1.12. The lowest BCUT2D eigenvalue weighted by atomic mass is 10.0. The average molecular weight is 217 g/mol. The molecule has 15 heavy (non-hydrogen) atoms. The van der Waals surface area contributed by atoms with Gasteiger partial charge in [0.2, 0.25) is 5.91 Å². The third kappa shape index (κ3) is 8.39. The molecule has 1 atom stereocenters. The van der Waals surface area contributed by atoms with Crippen LogP contribution in [-0.2, 0) is 9.53 Å². The minimum atomic E-state index is -0.811. The molecule has 0 spiro atoms. The summed E-state index contributed by atoms with van der Waals surface area (Å²) in [4.78, 5) is 11.3. The van der Waals surface area contributed by atoms with E-state index >= 15 is 0 Å². The highest BCUT2D eigenvalue weighted by atomic mass is 16.5. The van der Waals surface area contributed by atoms with E-state index in [1.165, 1.54) is 0 Å². The normalized spacial score (nSPS) is 15.1. The Morgan fingerprint density at radius 1 is 1.53 bits per heavy atom. The van der Waals surface area contributed by atoms with E-state index in [9.17, 15) is 9.90 Å². The molecule has 0 aliphatic heterocycles. The molecule has 0 aromatic heterocycles. The number of rotatable bonds is 7. The highest BCUT2D eigenvalue weighted by molar-refractivity contribution is 5.76. The van der Waals surface area contributed by atoms with Gasteiger partial charge in [-0.15, -0.1) is 0 Å². The Bertz CT molecular complexity index is 190. The van der Waals surface area contributed by atoms with Crippen molar-refractivity contribution in [3.05, 3.63) is 0 Å². The SMILES string of the molecule is CC[C@](C)(O)CNC(=O)CCOC(C)C. The van der Waals surface area contributed by atoms with Crippen LogP contribution in [0, 0.1) is 0 Å². The van der Waals surface area contributed by atoms with Crippen molar-refractivity contribution in [3.8, 4) is 0 Å². The predicted octanol–water partition coefficient (Wildman–Crippen LogP) is 1.08. The molecular formula is C11H23NO3. The molecule has 0 rings (SSSR count). The van der Waals surface area contributed by atoms with Gasteiger partial charge in [-0.05, 0) is 27.2 Å². The second-order valence-corrected chi connectivity index (χ2v) is 4.30. The van der Waals surface area contributed by atoms with Gasteiger partial charge < -0.3 is 15.2 Å². The van der Waals surface area contributed by atoms with Gasteiger partial charge in [0.1, 0.15) is 0 Å². The lowest BCUT2D eigenvalue weighted by Gasteiger charge is -2.21. The maximum Gasteiger partial charge on any atom is 0.222 e. The van der Waals surface area contributed by atoms with Crippen molar-refractivity contribution in [2.45, 2.75) is 52.2 Å². The van der Waals surface area contributed by atoms with E-state index in [1.807, 2.05) is 20.8 Å². The molecule has 0 bridgehead atoms. The lowest BCUT2D eigenvalue weighted by molar-refractivity contribution is -0.123. The summed E-state index contributed by atoms with van der Waals surface area (Å²) in [5.74, 6) is -0.0793. The van der Waals surface area contributed by atoms with Gasteiger partial charge in [0.25, 0.3) is 0 Å². The third-order valence-electron chi connectivity index (χ3n) is 2.21. The van der Waals surface area contributed by atoms with Crippen LogP contribution in [0.4, 0.5) is 0 Å². The third-order valence-corrected chi connectivity index (χ3v) is 2.21. The summed E-state index contributed by atoms with van der Waals surface area (Å²) in [6, 6.07) is 0. The number of hydrogen-bond donors (Lipinski definition) is 2. The Hall–Kier alpha value is -0.610. The van der Waals surface area contributed by atoms with Crippen molar-refractivity contribution < 1.29 is 14.6 Å². The number of carbonyl (C=O) groups is 1. The molecule has 0 radical (unpaired) electrons. The summed E-state index contributed by atoms with van der Waals surface area (Å²) in [5, 5.41) is 12.3. The molecule has 0 aromatic carbocycles. The van der Waals surface area contributed by atoms with Crippen molar-refractivity contribution in [2.75, 3.05) is 13.2 Å². The molecule has 90 valence electrons. The Morgan fingerprint density at radius 3 is 2.60 bits per heavy atom. The molecule has 0 aromatic rings. The number of hydrogen-bond acceptors (Lipinski definition) is 3. The van der Waals surface area contributed by atoms with Crippen LogP contribution < -0.4 is 5.32 Å². The molecule has 0 unspecified atom stereocenters. The van der Waals surface area contributed by atoms with Crippen LogP contribution in [0.15, 0.2) is 0 Å². The molecule has 0 saturated carbocycles. The number of amides is 1. The minimum Gasteiger partial charge on any atom is -0.388 e. The fourth-order valence-electron chi connectivity index (χ4n) is 0.890. The van der Waals surface area contributed by atoms with E-state index in [1.54, 1.807) is 6.92 Å². The van der Waals surface area contributed by atoms with Gasteiger partial charge in [-0.3, -0.25) is 4.79 Å². The largest absolute Gasteiger partial charge is 0.388 e. The smallest absolute Gasteiger partial charge is 0.222 e. The second-order valence-electron chi connectivity index (χ2n) is 4.30. The van der Waals surface area contributed by atoms with Crippen LogP contribution >= 0.6 is 0 Å². The van der Waals surface area contributed by atoms with Gasteiger partial charge in [0, 0.05) is 13.0 Å². The van der Waals surface area contributed by atoms with Gasteiger partial charge in [0.05, 0.1) is 18.3 Å². The van der Waals surface area contributed by atoms with Crippen molar-refractivity contribution in [1.82, 2.24) is 5.32 Å². The first-order valence-corrected chi connectivity index (χ1v) is 5.48. The molecular weight excluding hydrogens is 194 g/mol. The van der Waals surface area contributed by atoms with E-state index < -0.39 is 5.60 Å². The molecule has 4 heteroatoms. The van der Waals surface area contributed by atoms with Gasteiger partial charge in [0.15, 0.2) is 0 Å². The standard InChI is InChI=1S/C11H23NO3/c1-5-11(4,14)8-12-10(13)6-7-15-9(2)3/h9,14H,5-8H2,1-4H3,(H,12,13)/t11-/m0/s1. The van der Waals surface area contributed by atoms with Crippen molar-refractivity contribution in [3.63, 3.8) is 0 Å². The summed E-state index contributed by atoms with van der Waals surface area (Å²) in [7, 11) is 0. The van der Waals surface area contributed by atoms with Gasteiger partial charge in [-0.25, -0.2) is 0 Å². The maximum atomic E-state index is 11.3. The molecule has 0 heterocycles. The van der Waals surface area contributed by atoms with E-state index in [-0.39, 0.29) is 12.0 Å². The Morgan fingerprint density at radius 2 is 2.13 bits per heavy atom. The van der Waals surface area contributed by atoms with Crippen LogP contribution in [0.25, 0.3) is 0 Å². The zero-order chi connectivity index (χ0) is 11.9. The van der Waals surface area contributed by atoms with Crippen LogP contribution in [0.5, 0.6) is 0 Å². The van der Waals surface area contributed by atoms with Gasteiger partial charge in [-0.2, -0.15) is 0 Å². The Labute approximate surface area is 92.0 Å². The highest BCUT2D eigenvalue weighted by Gasteiger charge is 2.17. The number of carbonyl (C=O) groups excluding carboxylic acids is 1. The molecule has 0 aliphatic rings. The molecule has 1 amide bonds. The van der Waals surface area contributed by atoms with E-state index in [0.29, 0.717) is 26.0 Å². The van der Waals surface area contributed by atoms with Crippen molar-refractivity contribution >= 4 is 5.91 Å². The van der Waals surface area contributed by atoms with E-state index in [4.69, 9.17) is 4.74 Å². The van der Waals surface area contributed by atoms with Crippen molar-refractivity contribution in [1.29, 1.82) is 0 Å². The van der Waals surface area contributed by atoms with Crippen molar-refractivity contribution in [2.24, 2.45) is 0 Å². The van der Waals surface area contributed by atoms with Crippen LogP contribution in [0.1, 0.15) is 40.5 Å². The number of aliphatic hydroxyl groups is 1. The number of nitrogens with one attached hydrogen (secondary N) is 1. The fourth-order valence-corrected chi connectivity index (χ4v) is 0.890. The Kier molecular flexibility index (Phi) is 6.52. The Balaban J connectivity index is 3.58. The molecule has 4 nitrogen and oxygen atoms in total. The summed E-state index contributed by atoms with van der Waals surface area (Å²) in [5.41, 5.74) is -0.811. The highest BCUT2D eigenvalue weighted by Crippen LogP contribution is 2.05. The predicted molar refractivity (Wildman–Crippen MR) is 59.6 cm³/mol. The minimum absolute atomic E-state index is 0.0793. The van der Waals surface area contributed by atoms with Gasteiger partial charge >= 0.3 is 0 Å². The first-order chi connectivity index (χ1) is 6.87. The molecule has 0 aliphatic carbocycles. The topological polar surface area (TPSA) is 58.6 Å². The lowest BCUT2D eigenvalue weighted by Crippen LogP contribution is -2.40. The van der Waals surface area contributed by atoms with E-state index in [0.717, 1.165) is 0 Å². The van der Waals surface area contributed by atoms with Crippen LogP contribution in [0.2, 0.25) is 0 Å². The summed E-state index contributed by atoms with van der Waals surface area (Å²) >= 11 is 0. The quantitative estimate of drug-likeness (QED) is 0.671. The average Bonchev–Trinajstić information content (AvgIpc) is 2.14.